The van der Waals surface area contributed by atoms with Crippen molar-refractivity contribution in [1.29, 1.82) is 0 Å². The summed E-state index contributed by atoms with van der Waals surface area (Å²) in [5, 5.41) is 4.19. The van der Waals surface area contributed by atoms with Crippen molar-refractivity contribution in [3.8, 4) is 0 Å². The fourth-order valence-electron chi connectivity index (χ4n) is 3.34. The SMILES string of the molecule is CC1(C)C2CNCC2CN1c1ccc(Cl)cn1. The maximum Gasteiger partial charge on any atom is 0.129 e. The number of halogens is 1. The molecule has 0 spiro atoms. The van der Waals surface area contributed by atoms with Gasteiger partial charge in [0.15, 0.2) is 0 Å². The van der Waals surface area contributed by atoms with Gasteiger partial charge in [-0.2, -0.15) is 0 Å². The largest absolute Gasteiger partial charge is 0.351 e. The number of pyridine rings is 1. The Morgan fingerprint density at radius 2 is 2.24 bits per heavy atom. The van der Waals surface area contributed by atoms with Crippen molar-refractivity contribution in [3.63, 3.8) is 0 Å². The molecule has 4 heteroatoms. The van der Waals surface area contributed by atoms with Crippen molar-refractivity contribution in [1.82, 2.24) is 10.3 Å². The van der Waals surface area contributed by atoms with Gasteiger partial charge in [-0.25, -0.2) is 4.98 Å². The van der Waals surface area contributed by atoms with Gasteiger partial charge in [0.05, 0.1) is 5.02 Å². The van der Waals surface area contributed by atoms with Crippen molar-refractivity contribution < 1.29 is 0 Å². The molecule has 0 aliphatic carbocycles. The van der Waals surface area contributed by atoms with Crippen LogP contribution in [0.4, 0.5) is 5.82 Å². The van der Waals surface area contributed by atoms with Crippen LogP contribution in [0.3, 0.4) is 0 Å². The van der Waals surface area contributed by atoms with E-state index in [0.29, 0.717) is 5.02 Å². The summed E-state index contributed by atoms with van der Waals surface area (Å²) >= 11 is 5.89. The quantitative estimate of drug-likeness (QED) is 0.829. The second-order valence-electron chi connectivity index (χ2n) is 5.62. The molecule has 3 rings (SSSR count). The fraction of sp³-hybridized carbons (Fsp3) is 0.615. The average molecular weight is 252 g/mol. The highest BCUT2D eigenvalue weighted by Crippen LogP contribution is 2.42. The molecule has 2 atom stereocenters. The van der Waals surface area contributed by atoms with Crippen molar-refractivity contribution in [2.75, 3.05) is 24.5 Å². The molecule has 1 N–H and O–H groups in total. The smallest absolute Gasteiger partial charge is 0.129 e. The lowest BCUT2D eigenvalue weighted by atomic mass is 9.85. The first-order valence-corrected chi connectivity index (χ1v) is 6.57. The Hall–Kier alpha value is -0.800. The third kappa shape index (κ3) is 1.72. The molecule has 17 heavy (non-hydrogen) atoms. The molecule has 0 saturated carbocycles. The molecule has 92 valence electrons. The first-order valence-electron chi connectivity index (χ1n) is 6.19. The highest BCUT2D eigenvalue weighted by molar-refractivity contribution is 6.30. The van der Waals surface area contributed by atoms with E-state index in [9.17, 15) is 0 Å². The van der Waals surface area contributed by atoms with Gasteiger partial charge in [0.25, 0.3) is 0 Å². The Kier molecular flexibility index (Phi) is 2.56. The lowest BCUT2D eigenvalue weighted by Crippen LogP contribution is -2.45. The predicted molar refractivity (Wildman–Crippen MR) is 70.5 cm³/mol. The fourth-order valence-corrected chi connectivity index (χ4v) is 3.45. The zero-order valence-electron chi connectivity index (χ0n) is 10.3. The van der Waals surface area contributed by atoms with Crippen LogP contribution in [0.5, 0.6) is 0 Å². The van der Waals surface area contributed by atoms with Gasteiger partial charge in [0.1, 0.15) is 5.82 Å². The molecule has 0 bridgehead atoms. The minimum atomic E-state index is 0.176. The summed E-state index contributed by atoms with van der Waals surface area (Å²) in [6, 6.07) is 3.95. The molecule has 3 heterocycles. The molecule has 2 saturated heterocycles. The van der Waals surface area contributed by atoms with Crippen molar-refractivity contribution in [3.05, 3.63) is 23.4 Å². The molecule has 2 aliphatic rings. The van der Waals surface area contributed by atoms with Gasteiger partial charge in [-0.15, -0.1) is 0 Å². The van der Waals surface area contributed by atoms with Gasteiger partial charge in [-0.1, -0.05) is 11.6 Å². The maximum atomic E-state index is 5.89. The highest BCUT2D eigenvalue weighted by Gasteiger charge is 2.49. The summed E-state index contributed by atoms with van der Waals surface area (Å²) in [7, 11) is 0. The van der Waals surface area contributed by atoms with Crippen LogP contribution in [0.1, 0.15) is 13.8 Å². The number of nitrogens with one attached hydrogen (secondary N) is 1. The van der Waals surface area contributed by atoms with E-state index in [0.717, 1.165) is 37.3 Å². The molecular formula is C13H18ClN3. The molecule has 1 aromatic rings. The summed E-state index contributed by atoms with van der Waals surface area (Å²) < 4.78 is 0. The van der Waals surface area contributed by atoms with E-state index in [2.05, 4.69) is 29.0 Å². The molecule has 2 aliphatic heterocycles. The minimum absolute atomic E-state index is 0.176. The number of aromatic nitrogens is 1. The van der Waals surface area contributed by atoms with Gasteiger partial charge < -0.3 is 10.2 Å². The number of rotatable bonds is 1. The van der Waals surface area contributed by atoms with Gasteiger partial charge in [0, 0.05) is 31.4 Å². The van der Waals surface area contributed by atoms with E-state index in [1.165, 1.54) is 0 Å². The average Bonchev–Trinajstić information content (AvgIpc) is 2.83. The topological polar surface area (TPSA) is 28.2 Å². The van der Waals surface area contributed by atoms with Crippen LogP contribution in [0.15, 0.2) is 18.3 Å². The third-order valence-corrected chi connectivity index (χ3v) is 4.57. The van der Waals surface area contributed by atoms with E-state index in [-0.39, 0.29) is 5.54 Å². The number of fused-ring (bicyclic) bond motifs is 1. The van der Waals surface area contributed by atoms with Crippen LogP contribution in [-0.2, 0) is 0 Å². The van der Waals surface area contributed by atoms with Gasteiger partial charge in [0.2, 0.25) is 0 Å². The van der Waals surface area contributed by atoms with Gasteiger partial charge in [-0.3, -0.25) is 0 Å². The van der Waals surface area contributed by atoms with Crippen LogP contribution >= 0.6 is 11.6 Å². The Bertz CT molecular complexity index is 415. The number of anilines is 1. The molecule has 0 amide bonds. The van der Waals surface area contributed by atoms with Crippen LogP contribution < -0.4 is 10.2 Å². The summed E-state index contributed by atoms with van der Waals surface area (Å²) in [5.74, 6) is 2.52. The zero-order chi connectivity index (χ0) is 12.0. The summed E-state index contributed by atoms with van der Waals surface area (Å²) in [4.78, 5) is 6.89. The highest BCUT2D eigenvalue weighted by atomic mass is 35.5. The predicted octanol–water partition coefficient (Wildman–Crippen LogP) is 2.17. The Morgan fingerprint density at radius 3 is 2.88 bits per heavy atom. The third-order valence-electron chi connectivity index (χ3n) is 4.35. The molecular weight excluding hydrogens is 234 g/mol. The number of hydrogen-bond acceptors (Lipinski definition) is 3. The maximum absolute atomic E-state index is 5.89. The van der Waals surface area contributed by atoms with E-state index < -0.39 is 0 Å². The first-order chi connectivity index (χ1) is 8.09. The molecule has 2 unspecified atom stereocenters. The molecule has 2 fully saturated rings. The van der Waals surface area contributed by atoms with Crippen molar-refractivity contribution in [2.24, 2.45) is 11.8 Å². The van der Waals surface area contributed by atoms with Crippen LogP contribution in [0.2, 0.25) is 5.02 Å². The monoisotopic (exact) mass is 251 g/mol. The van der Waals surface area contributed by atoms with Crippen molar-refractivity contribution in [2.45, 2.75) is 19.4 Å². The van der Waals surface area contributed by atoms with Gasteiger partial charge in [-0.05, 0) is 37.8 Å². The standard InChI is InChI=1S/C13H18ClN3/c1-13(2)11-7-15-5-9(11)8-17(13)12-4-3-10(14)6-16-12/h3-4,6,9,11,15H,5,7-8H2,1-2H3. The number of hydrogen-bond donors (Lipinski definition) is 1. The van der Waals surface area contributed by atoms with E-state index in [1.54, 1.807) is 6.20 Å². The summed E-state index contributed by atoms with van der Waals surface area (Å²) in [6.45, 7) is 8.00. The second-order valence-corrected chi connectivity index (χ2v) is 6.06. The normalized spacial score (nSPS) is 30.6. The van der Waals surface area contributed by atoms with E-state index >= 15 is 0 Å². The second kappa shape index (κ2) is 3.85. The molecule has 0 aromatic carbocycles. The lowest BCUT2D eigenvalue weighted by molar-refractivity contribution is 0.356. The lowest BCUT2D eigenvalue weighted by Gasteiger charge is -2.36. The van der Waals surface area contributed by atoms with Crippen molar-refractivity contribution >= 4 is 17.4 Å². The first kappa shape index (κ1) is 11.3. The molecule has 1 aromatic heterocycles. The number of nitrogens with zero attached hydrogens (tertiary/aromatic N) is 2. The Morgan fingerprint density at radius 1 is 1.41 bits per heavy atom. The molecule has 0 radical (unpaired) electrons. The zero-order valence-corrected chi connectivity index (χ0v) is 11.0. The van der Waals surface area contributed by atoms with Crippen LogP contribution in [0, 0.1) is 11.8 Å². The minimum Gasteiger partial charge on any atom is -0.351 e. The van der Waals surface area contributed by atoms with Crippen LogP contribution in [0.25, 0.3) is 0 Å². The summed E-state index contributed by atoms with van der Waals surface area (Å²) in [6.07, 6.45) is 1.74. The molecule has 3 nitrogen and oxygen atoms in total. The van der Waals surface area contributed by atoms with E-state index in [1.807, 2.05) is 12.1 Å². The van der Waals surface area contributed by atoms with Gasteiger partial charge >= 0.3 is 0 Å². The Labute approximate surface area is 107 Å². The van der Waals surface area contributed by atoms with E-state index in [4.69, 9.17) is 11.6 Å². The summed E-state index contributed by atoms with van der Waals surface area (Å²) in [5.41, 5.74) is 0.176. The van der Waals surface area contributed by atoms with Crippen LogP contribution in [-0.4, -0.2) is 30.2 Å². The Balaban J connectivity index is 1.91.